The highest BCUT2D eigenvalue weighted by Crippen LogP contribution is 2.45. The molecule has 0 unspecified atom stereocenters. The molecule has 19 heavy (non-hydrogen) atoms. The number of hydrogen-bond acceptors (Lipinski definition) is 1. The third-order valence-corrected chi connectivity index (χ3v) is 2.88. The molecule has 0 saturated carbocycles. The number of aromatic nitrogens is 2. The summed E-state index contributed by atoms with van der Waals surface area (Å²) in [5.74, 6) is -4.78. The Hall–Kier alpha value is -1.25. The van der Waals surface area contributed by atoms with Gasteiger partial charge < -0.3 is 4.98 Å². The molecule has 2 aromatic rings. The number of benzene rings is 1. The van der Waals surface area contributed by atoms with Gasteiger partial charge in [-0.1, -0.05) is 15.9 Å². The molecular weight excluding hydrogens is 342 g/mol. The molecule has 0 aliphatic carbocycles. The molecule has 0 amide bonds. The van der Waals surface area contributed by atoms with Crippen molar-refractivity contribution in [1.29, 1.82) is 0 Å². The average Bonchev–Trinajstić information content (AvgIpc) is 2.54. The second-order valence-corrected chi connectivity index (χ2v) is 4.72. The van der Waals surface area contributed by atoms with Crippen molar-refractivity contribution in [2.45, 2.75) is 18.3 Å². The van der Waals surface area contributed by atoms with Crippen LogP contribution in [0.4, 0.5) is 26.3 Å². The smallest absolute Gasteiger partial charge is 0.341 e. The number of alkyl halides is 6. The first-order valence-corrected chi connectivity index (χ1v) is 5.67. The maximum absolute atomic E-state index is 12.5. The summed E-state index contributed by atoms with van der Waals surface area (Å²) in [5, 5.41) is 0. The standard InChI is InChI=1S/C10H5BrF6N2/c11-4-1-2-5-6(3-4)19-8(18-5)7(9(12,13)14)10(15,16)17/h1-3,7H,(H,18,19). The lowest BCUT2D eigenvalue weighted by molar-refractivity contribution is -0.255. The van der Waals surface area contributed by atoms with E-state index in [1.165, 1.54) is 18.2 Å². The van der Waals surface area contributed by atoms with Gasteiger partial charge >= 0.3 is 12.4 Å². The minimum Gasteiger partial charge on any atom is -0.341 e. The van der Waals surface area contributed by atoms with Gasteiger partial charge in [-0.2, -0.15) is 26.3 Å². The van der Waals surface area contributed by atoms with Crippen LogP contribution in [-0.4, -0.2) is 22.3 Å². The molecular formula is C10H5BrF6N2. The molecule has 2 rings (SSSR count). The molecule has 0 atom stereocenters. The number of aromatic amines is 1. The Morgan fingerprint density at radius 1 is 1.05 bits per heavy atom. The second kappa shape index (κ2) is 4.39. The molecule has 0 aliphatic rings. The van der Waals surface area contributed by atoms with Gasteiger partial charge in [0.15, 0.2) is 0 Å². The molecule has 9 heteroatoms. The van der Waals surface area contributed by atoms with E-state index in [0.29, 0.717) is 4.47 Å². The molecule has 0 bridgehead atoms. The summed E-state index contributed by atoms with van der Waals surface area (Å²) in [7, 11) is 0. The summed E-state index contributed by atoms with van der Waals surface area (Å²) in [6.45, 7) is 0. The predicted octanol–water partition coefficient (Wildman–Crippen LogP) is 4.53. The van der Waals surface area contributed by atoms with E-state index in [0.717, 1.165) is 0 Å². The molecule has 0 radical (unpaired) electrons. The number of H-pyrrole nitrogens is 1. The van der Waals surface area contributed by atoms with Crippen molar-refractivity contribution in [1.82, 2.24) is 9.97 Å². The van der Waals surface area contributed by atoms with Crippen molar-refractivity contribution in [3.63, 3.8) is 0 Å². The number of nitrogens with zero attached hydrogens (tertiary/aromatic N) is 1. The SMILES string of the molecule is FC(F)(F)C(c1nc2ccc(Br)cc2[nH]1)C(F)(F)F. The van der Waals surface area contributed by atoms with Gasteiger partial charge in [-0.25, -0.2) is 4.98 Å². The van der Waals surface area contributed by atoms with E-state index in [2.05, 4.69) is 25.9 Å². The van der Waals surface area contributed by atoms with E-state index < -0.39 is 24.1 Å². The fourth-order valence-electron chi connectivity index (χ4n) is 1.63. The molecule has 1 heterocycles. The van der Waals surface area contributed by atoms with Crippen LogP contribution in [0.25, 0.3) is 11.0 Å². The summed E-state index contributed by atoms with van der Waals surface area (Å²) < 4.78 is 75.6. The Morgan fingerprint density at radius 3 is 2.16 bits per heavy atom. The zero-order chi connectivity index (χ0) is 14.4. The number of imidazole rings is 1. The van der Waals surface area contributed by atoms with Crippen molar-refractivity contribution in [3.05, 3.63) is 28.5 Å². The van der Waals surface area contributed by atoms with Crippen LogP contribution < -0.4 is 0 Å². The monoisotopic (exact) mass is 346 g/mol. The summed E-state index contributed by atoms with van der Waals surface area (Å²) in [5.41, 5.74) is 0.138. The highest BCUT2D eigenvalue weighted by molar-refractivity contribution is 9.10. The third-order valence-electron chi connectivity index (χ3n) is 2.39. The fourth-order valence-corrected chi connectivity index (χ4v) is 2.00. The average molecular weight is 347 g/mol. The van der Waals surface area contributed by atoms with Gasteiger partial charge in [0.05, 0.1) is 11.0 Å². The molecule has 1 aromatic heterocycles. The third kappa shape index (κ3) is 2.85. The van der Waals surface area contributed by atoms with E-state index in [1.807, 2.05) is 0 Å². The largest absolute Gasteiger partial charge is 0.407 e. The van der Waals surface area contributed by atoms with Crippen LogP contribution in [-0.2, 0) is 0 Å². The van der Waals surface area contributed by atoms with Crippen LogP contribution in [0.1, 0.15) is 11.7 Å². The first-order chi connectivity index (χ1) is 8.59. The minimum atomic E-state index is -5.46. The lowest BCUT2D eigenvalue weighted by Crippen LogP contribution is -2.34. The molecule has 1 N–H and O–H groups in total. The normalized spacial score (nSPS) is 13.5. The molecule has 2 nitrogen and oxygen atoms in total. The summed E-state index contributed by atoms with van der Waals surface area (Å²) in [6.07, 6.45) is -10.9. The number of rotatable bonds is 1. The number of hydrogen-bond donors (Lipinski definition) is 1. The van der Waals surface area contributed by atoms with E-state index >= 15 is 0 Å². The van der Waals surface area contributed by atoms with Crippen LogP contribution in [0.3, 0.4) is 0 Å². The van der Waals surface area contributed by atoms with Gasteiger partial charge in [-0.15, -0.1) is 0 Å². The zero-order valence-corrected chi connectivity index (χ0v) is 10.5. The van der Waals surface area contributed by atoms with E-state index in [-0.39, 0.29) is 11.0 Å². The Morgan fingerprint density at radius 2 is 1.63 bits per heavy atom. The van der Waals surface area contributed by atoms with E-state index in [9.17, 15) is 26.3 Å². The first kappa shape index (κ1) is 14.2. The fraction of sp³-hybridized carbons (Fsp3) is 0.300. The molecule has 0 saturated heterocycles. The van der Waals surface area contributed by atoms with Gasteiger partial charge in [0.1, 0.15) is 5.82 Å². The maximum Gasteiger partial charge on any atom is 0.407 e. The lowest BCUT2D eigenvalue weighted by atomic mass is 10.1. The highest BCUT2D eigenvalue weighted by atomic mass is 79.9. The van der Waals surface area contributed by atoms with Crippen LogP contribution in [0.2, 0.25) is 0 Å². The lowest BCUT2D eigenvalue weighted by Gasteiger charge is -2.20. The van der Waals surface area contributed by atoms with Gasteiger partial charge in [-0.3, -0.25) is 0 Å². The summed E-state index contributed by atoms with van der Waals surface area (Å²) in [4.78, 5) is 5.44. The van der Waals surface area contributed by atoms with Crippen molar-refractivity contribution >= 4 is 27.0 Å². The predicted molar refractivity (Wildman–Crippen MR) is 58.6 cm³/mol. The molecule has 104 valence electrons. The van der Waals surface area contributed by atoms with Crippen LogP contribution >= 0.6 is 15.9 Å². The molecule has 0 fully saturated rings. The Kier molecular flexibility index (Phi) is 3.28. The maximum atomic E-state index is 12.5. The number of fused-ring (bicyclic) bond motifs is 1. The molecule has 1 aromatic carbocycles. The highest BCUT2D eigenvalue weighted by Gasteiger charge is 2.59. The topological polar surface area (TPSA) is 28.7 Å². The van der Waals surface area contributed by atoms with Gasteiger partial charge in [0.25, 0.3) is 0 Å². The Bertz CT molecular complexity index is 586. The van der Waals surface area contributed by atoms with E-state index in [4.69, 9.17) is 0 Å². The Balaban J connectivity index is 2.57. The number of halogens is 7. The number of nitrogens with one attached hydrogen (secondary N) is 1. The zero-order valence-electron chi connectivity index (χ0n) is 8.90. The first-order valence-electron chi connectivity index (χ1n) is 4.87. The van der Waals surface area contributed by atoms with Crippen LogP contribution in [0.5, 0.6) is 0 Å². The quantitative estimate of drug-likeness (QED) is 0.755. The van der Waals surface area contributed by atoms with E-state index in [1.54, 1.807) is 0 Å². The molecule has 0 spiro atoms. The van der Waals surface area contributed by atoms with Crippen molar-refractivity contribution in [2.75, 3.05) is 0 Å². The minimum absolute atomic E-state index is 0.0386. The Labute approximate surface area is 110 Å². The summed E-state index contributed by atoms with van der Waals surface area (Å²) in [6, 6.07) is 4.15. The van der Waals surface area contributed by atoms with Gasteiger partial charge in [0.2, 0.25) is 5.92 Å². The van der Waals surface area contributed by atoms with Crippen LogP contribution in [0, 0.1) is 0 Å². The van der Waals surface area contributed by atoms with Gasteiger partial charge in [-0.05, 0) is 18.2 Å². The van der Waals surface area contributed by atoms with Gasteiger partial charge in [0, 0.05) is 4.47 Å². The second-order valence-electron chi connectivity index (χ2n) is 3.80. The molecule has 0 aliphatic heterocycles. The van der Waals surface area contributed by atoms with Crippen molar-refractivity contribution in [3.8, 4) is 0 Å². The summed E-state index contributed by atoms with van der Waals surface area (Å²) >= 11 is 3.07. The van der Waals surface area contributed by atoms with Crippen molar-refractivity contribution < 1.29 is 26.3 Å². The van der Waals surface area contributed by atoms with Crippen LogP contribution in [0.15, 0.2) is 22.7 Å². The van der Waals surface area contributed by atoms with Crippen molar-refractivity contribution in [2.24, 2.45) is 0 Å².